The van der Waals surface area contributed by atoms with Crippen LogP contribution in [0.5, 0.6) is 5.75 Å². The highest BCUT2D eigenvalue weighted by Crippen LogP contribution is 2.22. The number of hydrogen-bond acceptors (Lipinski definition) is 3. The largest absolute Gasteiger partial charge is 0.494 e. The number of methoxy groups -OCH3 is 1. The van der Waals surface area contributed by atoms with E-state index in [0.717, 1.165) is 22.4 Å². The number of benzene rings is 2. The fraction of sp³-hybridized carbons (Fsp3) is 0.217. The zero-order chi connectivity index (χ0) is 20.6. The third-order valence-corrected chi connectivity index (χ3v) is 4.60. The van der Waals surface area contributed by atoms with Gasteiger partial charge in [-0.25, -0.2) is 4.39 Å². The number of nitrogens with one attached hydrogen (secondary N) is 2. The van der Waals surface area contributed by atoms with E-state index < -0.39 is 0 Å². The highest BCUT2D eigenvalue weighted by Gasteiger charge is 2.11. The van der Waals surface area contributed by atoms with E-state index in [9.17, 15) is 4.39 Å². The number of pyridine rings is 1. The van der Waals surface area contributed by atoms with Gasteiger partial charge in [0.25, 0.3) is 0 Å². The number of nitrogens with zero attached hydrogens (tertiary/aromatic N) is 2. The van der Waals surface area contributed by atoms with Gasteiger partial charge in [0.2, 0.25) is 0 Å². The van der Waals surface area contributed by atoms with Crippen molar-refractivity contribution in [3.8, 4) is 17.0 Å². The standard InChI is InChI=1S/C23H25FN4O/c1-16(18-10-11-22(29-3)20(24)14-18)28-23(25-2)27-15-17-7-6-8-19(13-17)21-9-4-5-12-26-21/h4-14,16H,15H2,1-3H3,(H2,25,27,28). The number of hydrogen-bond donors (Lipinski definition) is 2. The zero-order valence-corrected chi connectivity index (χ0v) is 16.8. The molecule has 1 heterocycles. The molecule has 0 fully saturated rings. The predicted octanol–water partition coefficient (Wildman–Crippen LogP) is 4.32. The molecule has 0 aliphatic heterocycles. The molecule has 1 atom stereocenters. The normalized spacial score (nSPS) is 12.3. The Labute approximate surface area is 170 Å². The average molecular weight is 392 g/mol. The van der Waals surface area contributed by atoms with Crippen molar-refractivity contribution in [3.05, 3.63) is 83.8 Å². The van der Waals surface area contributed by atoms with Crippen LogP contribution in [-0.2, 0) is 6.54 Å². The summed E-state index contributed by atoms with van der Waals surface area (Å²) < 4.78 is 18.9. The minimum atomic E-state index is -0.382. The van der Waals surface area contributed by atoms with E-state index in [2.05, 4.69) is 32.7 Å². The molecule has 3 rings (SSSR count). The third-order valence-electron chi connectivity index (χ3n) is 4.60. The quantitative estimate of drug-likeness (QED) is 0.484. The Bertz CT molecular complexity index is 976. The summed E-state index contributed by atoms with van der Waals surface area (Å²) in [6, 6.07) is 18.9. The molecule has 0 bridgehead atoms. The van der Waals surface area contributed by atoms with E-state index in [1.807, 2.05) is 43.3 Å². The van der Waals surface area contributed by atoms with Crippen molar-refractivity contribution >= 4 is 5.96 Å². The molecule has 0 radical (unpaired) electrons. The van der Waals surface area contributed by atoms with Gasteiger partial charge in [-0.3, -0.25) is 9.98 Å². The van der Waals surface area contributed by atoms with Crippen molar-refractivity contribution in [2.75, 3.05) is 14.2 Å². The van der Waals surface area contributed by atoms with E-state index in [4.69, 9.17) is 4.74 Å². The zero-order valence-electron chi connectivity index (χ0n) is 16.8. The molecular weight excluding hydrogens is 367 g/mol. The molecule has 6 heteroatoms. The average Bonchev–Trinajstić information content (AvgIpc) is 2.77. The summed E-state index contributed by atoms with van der Waals surface area (Å²) >= 11 is 0. The lowest BCUT2D eigenvalue weighted by Gasteiger charge is -2.19. The summed E-state index contributed by atoms with van der Waals surface area (Å²) in [5.41, 5.74) is 3.92. The molecule has 0 spiro atoms. The van der Waals surface area contributed by atoms with Gasteiger partial charge >= 0.3 is 0 Å². The molecule has 0 saturated heterocycles. The Balaban J connectivity index is 1.63. The van der Waals surface area contributed by atoms with E-state index in [0.29, 0.717) is 12.5 Å². The van der Waals surface area contributed by atoms with Crippen LogP contribution in [0.1, 0.15) is 24.1 Å². The molecule has 0 amide bonds. The molecule has 0 saturated carbocycles. The molecule has 1 aromatic heterocycles. The molecule has 2 aromatic carbocycles. The molecule has 29 heavy (non-hydrogen) atoms. The van der Waals surface area contributed by atoms with Gasteiger partial charge in [-0.2, -0.15) is 0 Å². The Morgan fingerprint density at radius 1 is 1.14 bits per heavy atom. The summed E-state index contributed by atoms with van der Waals surface area (Å²) in [4.78, 5) is 8.67. The van der Waals surface area contributed by atoms with Gasteiger partial charge < -0.3 is 15.4 Å². The van der Waals surface area contributed by atoms with Crippen molar-refractivity contribution in [1.29, 1.82) is 0 Å². The van der Waals surface area contributed by atoms with Crippen molar-refractivity contribution in [1.82, 2.24) is 15.6 Å². The van der Waals surface area contributed by atoms with Crippen molar-refractivity contribution in [2.45, 2.75) is 19.5 Å². The summed E-state index contributed by atoms with van der Waals surface area (Å²) in [7, 11) is 3.16. The SMILES string of the molecule is CN=C(NCc1cccc(-c2ccccn2)c1)NC(C)c1ccc(OC)c(F)c1. The Hall–Kier alpha value is -3.41. The van der Waals surface area contributed by atoms with Gasteiger partial charge in [-0.1, -0.05) is 30.3 Å². The highest BCUT2D eigenvalue weighted by atomic mass is 19.1. The van der Waals surface area contributed by atoms with Crippen LogP contribution in [0.15, 0.2) is 71.9 Å². The van der Waals surface area contributed by atoms with Crippen LogP contribution in [0.2, 0.25) is 0 Å². The monoisotopic (exact) mass is 392 g/mol. The maximum atomic E-state index is 14.0. The highest BCUT2D eigenvalue weighted by molar-refractivity contribution is 5.80. The smallest absolute Gasteiger partial charge is 0.191 e. The number of ether oxygens (including phenoxy) is 1. The first-order chi connectivity index (χ1) is 14.1. The molecule has 0 aliphatic carbocycles. The van der Waals surface area contributed by atoms with Crippen LogP contribution >= 0.6 is 0 Å². The number of aromatic nitrogens is 1. The topological polar surface area (TPSA) is 58.5 Å². The maximum Gasteiger partial charge on any atom is 0.191 e. The molecule has 2 N–H and O–H groups in total. The maximum absolute atomic E-state index is 14.0. The van der Waals surface area contributed by atoms with Crippen LogP contribution in [0, 0.1) is 5.82 Å². The van der Waals surface area contributed by atoms with E-state index >= 15 is 0 Å². The lowest BCUT2D eigenvalue weighted by atomic mass is 10.1. The molecule has 3 aromatic rings. The van der Waals surface area contributed by atoms with Gasteiger partial charge in [0.15, 0.2) is 17.5 Å². The van der Waals surface area contributed by atoms with E-state index in [-0.39, 0.29) is 17.6 Å². The first-order valence-electron chi connectivity index (χ1n) is 9.41. The van der Waals surface area contributed by atoms with Crippen LogP contribution < -0.4 is 15.4 Å². The van der Waals surface area contributed by atoms with E-state index in [1.165, 1.54) is 13.2 Å². The van der Waals surface area contributed by atoms with Gasteiger partial charge in [0.1, 0.15) is 0 Å². The molecule has 0 aliphatic rings. The number of aliphatic imine (C=N–C) groups is 1. The fourth-order valence-electron chi connectivity index (χ4n) is 2.99. The lowest BCUT2D eigenvalue weighted by Crippen LogP contribution is -2.38. The van der Waals surface area contributed by atoms with Crippen LogP contribution in [-0.4, -0.2) is 25.1 Å². The fourth-order valence-corrected chi connectivity index (χ4v) is 2.99. The van der Waals surface area contributed by atoms with Crippen LogP contribution in [0.3, 0.4) is 0 Å². The number of guanidine groups is 1. The molecular formula is C23H25FN4O. The molecule has 1 unspecified atom stereocenters. The number of halogens is 1. The Morgan fingerprint density at radius 2 is 2.00 bits per heavy atom. The Kier molecular flexibility index (Phi) is 6.79. The summed E-state index contributed by atoms with van der Waals surface area (Å²) in [6.45, 7) is 2.56. The second-order valence-corrected chi connectivity index (χ2v) is 6.60. The third kappa shape index (κ3) is 5.31. The molecule has 150 valence electrons. The van der Waals surface area contributed by atoms with Gasteiger partial charge in [0.05, 0.1) is 18.8 Å². The van der Waals surface area contributed by atoms with Crippen LogP contribution in [0.4, 0.5) is 4.39 Å². The number of rotatable bonds is 6. The minimum Gasteiger partial charge on any atom is -0.494 e. The van der Waals surface area contributed by atoms with Crippen molar-refractivity contribution in [3.63, 3.8) is 0 Å². The van der Waals surface area contributed by atoms with Crippen molar-refractivity contribution < 1.29 is 9.13 Å². The van der Waals surface area contributed by atoms with Gasteiger partial charge in [-0.15, -0.1) is 0 Å². The second-order valence-electron chi connectivity index (χ2n) is 6.60. The second kappa shape index (κ2) is 9.68. The lowest BCUT2D eigenvalue weighted by molar-refractivity contribution is 0.386. The predicted molar refractivity (Wildman–Crippen MR) is 114 cm³/mol. The minimum absolute atomic E-state index is 0.124. The Morgan fingerprint density at radius 3 is 2.69 bits per heavy atom. The van der Waals surface area contributed by atoms with E-state index in [1.54, 1.807) is 19.3 Å². The summed E-state index contributed by atoms with van der Waals surface area (Å²) in [5, 5.41) is 6.59. The summed E-state index contributed by atoms with van der Waals surface area (Å²) in [5.74, 6) is 0.487. The first-order valence-corrected chi connectivity index (χ1v) is 9.41. The van der Waals surface area contributed by atoms with Crippen molar-refractivity contribution in [2.24, 2.45) is 4.99 Å². The molecule has 5 nitrogen and oxygen atoms in total. The summed E-state index contributed by atoms with van der Waals surface area (Å²) in [6.07, 6.45) is 1.79. The van der Waals surface area contributed by atoms with Gasteiger partial charge in [0, 0.05) is 25.4 Å². The van der Waals surface area contributed by atoms with Gasteiger partial charge in [-0.05, 0) is 48.4 Å². The van der Waals surface area contributed by atoms with Crippen LogP contribution in [0.25, 0.3) is 11.3 Å². The first kappa shape index (κ1) is 20.3.